The van der Waals surface area contributed by atoms with E-state index in [0.29, 0.717) is 24.2 Å². The van der Waals surface area contributed by atoms with E-state index < -0.39 is 0 Å². The summed E-state index contributed by atoms with van der Waals surface area (Å²) in [5, 5.41) is 9.02. The van der Waals surface area contributed by atoms with Crippen molar-refractivity contribution in [2.75, 3.05) is 26.2 Å². The van der Waals surface area contributed by atoms with E-state index in [1.807, 2.05) is 17.0 Å². The van der Waals surface area contributed by atoms with Crippen LogP contribution in [-0.4, -0.2) is 41.9 Å². The molecule has 29 heavy (non-hydrogen) atoms. The molecule has 1 amide bonds. The number of rotatable bonds is 4. The largest absolute Gasteiger partial charge is 0.336 e. The first-order chi connectivity index (χ1) is 14.1. The Hall–Kier alpha value is -3.01. The average molecular weight is 405 g/mol. The van der Waals surface area contributed by atoms with Gasteiger partial charge in [0.1, 0.15) is 5.82 Å². The molecule has 0 spiro atoms. The number of benzene rings is 2. The van der Waals surface area contributed by atoms with E-state index in [1.165, 1.54) is 10.9 Å². The third-order valence-electron chi connectivity index (χ3n) is 5.05. The predicted molar refractivity (Wildman–Crippen MR) is 112 cm³/mol. The summed E-state index contributed by atoms with van der Waals surface area (Å²) < 4.78 is 13.4. The van der Waals surface area contributed by atoms with Crippen LogP contribution in [0.2, 0.25) is 0 Å². The summed E-state index contributed by atoms with van der Waals surface area (Å²) in [6.45, 7) is 3.76. The van der Waals surface area contributed by atoms with E-state index in [0.717, 1.165) is 30.1 Å². The minimum atomic E-state index is -0.224. The number of amides is 1. The zero-order chi connectivity index (χ0) is 20.2. The lowest BCUT2D eigenvalue weighted by atomic mass is 10.1. The third kappa shape index (κ3) is 4.53. The predicted octanol–water partition coefficient (Wildman–Crippen LogP) is 4.38. The summed E-state index contributed by atoms with van der Waals surface area (Å²) in [5.74, 6) is -0.246. The second kappa shape index (κ2) is 8.56. The fourth-order valence-electron chi connectivity index (χ4n) is 3.49. The van der Waals surface area contributed by atoms with Crippen molar-refractivity contribution in [2.24, 2.45) is 0 Å². The maximum Gasteiger partial charge on any atom is 0.253 e. The van der Waals surface area contributed by atoms with Gasteiger partial charge in [0.2, 0.25) is 0 Å². The van der Waals surface area contributed by atoms with Crippen LogP contribution in [0.3, 0.4) is 0 Å². The second-order valence-corrected chi connectivity index (χ2v) is 8.21. The van der Waals surface area contributed by atoms with Crippen molar-refractivity contribution in [3.63, 3.8) is 0 Å². The summed E-state index contributed by atoms with van der Waals surface area (Å²) >= 11 is 1.68. The van der Waals surface area contributed by atoms with Gasteiger partial charge in [0.05, 0.1) is 11.6 Å². The lowest BCUT2D eigenvalue weighted by Crippen LogP contribution is -2.48. The summed E-state index contributed by atoms with van der Waals surface area (Å²) in [4.78, 5) is 19.2. The molecule has 2 aromatic carbocycles. The molecule has 4 nitrogen and oxygen atoms in total. The van der Waals surface area contributed by atoms with E-state index >= 15 is 0 Å². The van der Waals surface area contributed by atoms with Gasteiger partial charge in [0, 0.05) is 48.0 Å². The van der Waals surface area contributed by atoms with Crippen molar-refractivity contribution in [2.45, 2.75) is 6.54 Å². The zero-order valence-corrected chi connectivity index (χ0v) is 16.7. The third-order valence-corrected chi connectivity index (χ3v) is 6.17. The number of hydrogen-bond donors (Lipinski definition) is 0. The maximum absolute atomic E-state index is 13.4. The summed E-state index contributed by atoms with van der Waals surface area (Å²) in [7, 11) is 0. The van der Waals surface area contributed by atoms with Gasteiger partial charge in [0.25, 0.3) is 5.91 Å². The quantitative estimate of drug-likeness (QED) is 0.647. The Bertz CT molecular complexity index is 1060. The number of carbonyl (C=O) groups excluding carboxylic acids is 1. The Labute approximate surface area is 173 Å². The van der Waals surface area contributed by atoms with Crippen LogP contribution < -0.4 is 0 Å². The molecule has 146 valence electrons. The van der Waals surface area contributed by atoms with E-state index in [4.69, 9.17) is 5.26 Å². The van der Waals surface area contributed by atoms with Crippen molar-refractivity contribution in [3.8, 4) is 16.5 Å². The van der Waals surface area contributed by atoms with Crippen molar-refractivity contribution >= 4 is 17.2 Å². The summed E-state index contributed by atoms with van der Waals surface area (Å²) in [6.07, 6.45) is 0. The Kier molecular flexibility index (Phi) is 5.70. The van der Waals surface area contributed by atoms with Gasteiger partial charge in [0.15, 0.2) is 0 Å². The van der Waals surface area contributed by atoms with Gasteiger partial charge in [-0.15, -0.1) is 11.3 Å². The highest BCUT2D eigenvalue weighted by atomic mass is 32.1. The molecule has 1 saturated heterocycles. The van der Waals surface area contributed by atoms with Crippen molar-refractivity contribution in [1.29, 1.82) is 5.26 Å². The first-order valence-electron chi connectivity index (χ1n) is 9.49. The fraction of sp³-hybridized carbons (Fsp3) is 0.217. The molecule has 0 radical (unpaired) electrons. The Morgan fingerprint density at radius 3 is 2.59 bits per heavy atom. The zero-order valence-electron chi connectivity index (χ0n) is 15.8. The first kappa shape index (κ1) is 19.3. The molecule has 0 unspecified atom stereocenters. The normalized spacial score (nSPS) is 14.6. The topological polar surface area (TPSA) is 47.3 Å². The molecule has 4 rings (SSSR count). The van der Waals surface area contributed by atoms with Gasteiger partial charge in [-0.1, -0.05) is 18.2 Å². The molecule has 0 atom stereocenters. The molecule has 1 aromatic heterocycles. The number of piperazine rings is 1. The number of nitriles is 1. The SMILES string of the molecule is N#Cc1cccc(C(=O)N2CCN(Cc3ccc(-c4cccc(F)c4)s3)CC2)c1. The van der Waals surface area contributed by atoms with E-state index in [1.54, 1.807) is 47.7 Å². The lowest BCUT2D eigenvalue weighted by Gasteiger charge is -2.34. The van der Waals surface area contributed by atoms with Crippen molar-refractivity contribution in [1.82, 2.24) is 9.80 Å². The molecule has 1 fully saturated rings. The van der Waals surface area contributed by atoms with Crippen molar-refractivity contribution in [3.05, 3.63) is 82.5 Å². The van der Waals surface area contributed by atoms with Crippen LogP contribution in [-0.2, 0) is 6.54 Å². The number of hydrogen-bond acceptors (Lipinski definition) is 4. The van der Waals surface area contributed by atoms with Crippen LogP contribution in [0.15, 0.2) is 60.7 Å². The molecule has 0 saturated carbocycles. The number of halogens is 1. The Morgan fingerprint density at radius 2 is 1.83 bits per heavy atom. The smallest absolute Gasteiger partial charge is 0.253 e. The highest BCUT2D eigenvalue weighted by Crippen LogP contribution is 2.29. The fourth-order valence-corrected chi connectivity index (χ4v) is 4.54. The molecule has 0 bridgehead atoms. The Morgan fingerprint density at radius 1 is 1.03 bits per heavy atom. The van der Waals surface area contributed by atoms with Crippen LogP contribution in [0, 0.1) is 17.1 Å². The molecule has 3 aromatic rings. The minimum absolute atomic E-state index is 0.0220. The molecule has 0 aliphatic carbocycles. The molecule has 1 aliphatic rings. The van der Waals surface area contributed by atoms with Crippen LogP contribution in [0.1, 0.15) is 20.8 Å². The van der Waals surface area contributed by atoms with Crippen LogP contribution in [0.25, 0.3) is 10.4 Å². The number of nitrogens with zero attached hydrogens (tertiary/aromatic N) is 3. The van der Waals surface area contributed by atoms with Gasteiger partial charge in [-0.25, -0.2) is 4.39 Å². The van der Waals surface area contributed by atoms with Gasteiger partial charge in [-0.05, 0) is 48.0 Å². The maximum atomic E-state index is 13.4. The van der Waals surface area contributed by atoms with E-state index in [-0.39, 0.29) is 11.7 Å². The van der Waals surface area contributed by atoms with Crippen LogP contribution in [0.5, 0.6) is 0 Å². The molecule has 0 N–H and O–H groups in total. The lowest BCUT2D eigenvalue weighted by molar-refractivity contribution is 0.0629. The summed E-state index contributed by atoms with van der Waals surface area (Å²) in [5.41, 5.74) is 1.97. The minimum Gasteiger partial charge on any atom is -0.336 e. The number of thiophene rings is 1. The monoisotopic (exact) mass is 405 g/mol. The summed E-state index contributed by atoms with van der Waals surface area (Å²) in [6, 6.07) is 19.7. The highest BCUT2D eigenvalue weighted by molar-refractivity contribution is 7.15. The standard InChI is InChI=1S/C23H20FN3OS/c24-20-6-2-4-18(14-20)22-8-7-21(29-22)16-26-9-11-27(12-10-26)23(28)19-5-1-3-17(13-19)15-25/h1-8,13-14H,9-12,16H2. The van der Waals surface area contributed by atoms with Gasteiger partial charge >= 0.3 is 0 Å². The molecule has 2 heterocycles. The average Bonchev–Trinajstić information content (AvgIpc) is 3.22. The molecule has 6 heteroatoms. The highest BCUT2D eigenvalue weighted by Gasteiger charge is 2.22. The molecule has 1 aliphatic heterocycles. The van der Waals surface area contributed by atoms with Gasteiger partial charge in [-0.2, -0.15) is 5.26 Å². The van der Waals surface area contributed by atoms with Crippen LogP contribution in [0.4, 0.5) is 4.39 Å². The molecular formula is C23H20FN3OS. The van der Waals surface area contributed by atoms with Gasteiger partial charge in [-0.3, -0.25) is 9.69 Å². The van der Waals surface area contributed by atoms with Crippen LogP contribution >= 0.6 is 11.3 Å². The second-order valence-electron chi connectivity index (χ2n) is 7.04. The molecular weight excluding hydrogens is 385 g/mol. The first-order valence-corrected chi connectivity index (χ1v) is 10.3. The van der Waals surface area contributed by atoms with E-state index in [9.17, 15) is 9.18 Å². The van der Waals surface area contributed by atoms with E-state index in [2.05, 4.69) is 17.0 Å². The Balaban J connectivity index is 1.34. The number of carbonyl (C=O) groups is 1. The van der Waals surface area contributed by atoms with Gasteiger partial charge < -0.3 is 4.90 Å². The van der Waals surface area contributed by atoms with Crippen molar-refractivity contribution < 1.29 is 9.18 Å².